The number of hydrogen-bond acceptors (Lipinski definition) is 3. The fraction of sp³-hybridized carbons (Fsp3) is 0.211. The van der Waals surface area contributed by atoms with Gasteiger partial charge in [-0.3, -0.25) is 4.79 Å². The van der Waals surface area contributed by atoms with E-state index < -0.39 is 6.10 Å². The van der Waals surface area contributed by atoms with Crippen molar-refractivity contribution in [2.24, 2.45) is 0 Å². The lowest BCUT2D eigenvalue weighted by Crippen LogP contribution is -2.36. The van der Waals surface area contributed by atoms with Crippen molar-refractivity contribution < 1.29 is 14.6 Å². The number of fused-ring (bicyclic) bond motifs is 2. The molecule has 0 bridgehead atoms. The van der Waals surface area contributed by atoms with Gasteiger partial charge in [-0.1, -0.05) is 42.5 Å². The summed E-state index contributed by atoms with van der Waals surface area (Å²) < 4.78 is 5.63. The number of aliphatic hydroxyl groups excluding tert-OH is 1. The molecule has 2 N–H and O–H groups in total. The Kier molecular flexibility index (Phi) is 3.39. The zero-order chi connectivity index (χ0) is 15.8. The molecule has 1 aliphatic carbocycles. The van der Waals surface area contributed by atoms with Crippen molar-refractivity contribution in [3.8, 4) is 5.75 Å². The first-order valence-corrected chi connectivity index (χ1v) is 7.71. The highest BCUT2D eigenvalue weighted by molar-refractivity contribution is 5.99. The smallest absolute Gasteiger partial charge is 0.251 e. The van der Waals surface area contributed by atoms with Crippen LogP contribution in [0.15, 0.2) is 54.1 Å². The van der Waals surface area contributed by atoms with Crippen LogP contribution in [0.2, 0.25) is 0 Å². The van der Waals surface area contributed by atoms with Gasteiger partial charge in [0.1, 0.15) is 12.4 Å². The molecule has 2 aromatic carbocycles. The number of carbonyl (C=O) groups is 1. The van der Waals surface area contributed by atoms with Gasteiger partial charge >= 0.3 is 0 Å². The summed E-state index contributed by atoms with van der Waals surface area (Å²) in [7, 11) is 0. The van der Waals surface area contributed by atoms with Gasteiger partial charge in [-0.05, 0) is 23.3 Å². The van der Waals surface area contributed by atoms with Crippen LogP contribution in [0, 0.1) is 0 Å². The third kappa shape index (κ3) is 2.51. The van der Waals surface area contributed by atoms with E-state index in [9.17, 15) is 9.90 Å². The van der Waals surface area contributed by atoms with Gasteiger partial charge in [0.25, 0.3) is 5.91 Å². The highest BCUT2D eigenvalue weighted by Gasteiger charge is 2.32. The number of para-hydroxylation sites is 1. The van der Waals surface area contributed by atoms with Gasteiger partial charge in [-0.25, -0.2) is 0 Å². The van der Waals surface area contributed by atoms with Crippen LogP contribution in [-0.4, -0.2) is 23.7 Å². The van der Waals surface area contributed by atoms with Crippen LogP contribution in [0.25, 0.3) is 6.08 Å². The Bertz CT molecular complexity index is 797. The number of nitrogens with one attached hydrogen (secondary N) is 1. The molecule has 0 spiro atoms. The molecular weight excluding hydrogens is 290 g/mol. The van der Waals surface area contributed by atoms with Crippen molar-refractivity contribution in [2.75, 3.05) is 6.61 Å². The SMILES string of the molecule is O=C(NC1c2ccccc2CC1O)C1=Cc2ccccc2OC1. The van der Waals surface area contributed by atoms with Crippen LogP contribution < -0.4 is 10.1 Å². The average Bonchev–Trinajstić information content (AvgIpc) is 2.90. The number of hydrogen-bond donors (Lipinski definition) is 2. The topological polar surface area (TPSA) is 58.6 Å². The first-order chi connectivity index (χ1) is 11.2. The number of rotatable bonds is 2. The number of benzene rings is 2. The zero-order valence-electron chi connectivity index (χ0n) is 12.5. The molecule has 0 aromatic heterocycles. The van der Waals surface area contributed by atoms with Crippen molar-refractivity contribution in [3.63, 3.8) is 0 Å². The fourth-order valence-corrected chi connectivity index (χ4v) is 3.23. The Hall–Kier alpha value is -2.59. The third-order valence-corrected chi connectivity index (χ3v) is 4.41. The molecule has 0 fully saturated rings. The lowest BCUT2D eigenvalue weighted by molar-refractivity contribution is -0.119. The lowest BCUT2D eigenvalue weighted by Gasteiger charge is -2.21. The Morgan fingerprint density at radius 3 is 2.83 bits per heavy atom. The molecule has 116 valence electrons. The summed E-state index contributed by atoms with van der Waals surface area (Å²) in [6, 6.07) is 15.1. The molecule has 0 radical (unpaired) electrons. The van der Waals surface area contributed by atoms with Crippen molar-refractivity contribution in [2.45, 2.75) is 18.6 Å². The van der Waals surface area contributed by atoms with Crippen molar-refractivity contribution >= 4 is 12.0 Å². The average molecular weight is 307 g/mol. The summed E-state index contributed by atoms with van der Waals surface area (Å²) in [6.07, 6.45) is 1.83. The van der Waals surface area contributed by atoms with E-state index in [1.807, 2.05) is 54.6 Å². The summed E-state index contributed by atoms with van der Waals surface area (Å²) >= 11 is 0. The van der Waals surface area contributed by atoms with E-state index in [1.165, 1.54) is 0 Å². The van der Waals surface area contributed by atoms with Crippen LogP contribution in [0.3, 0.4) is 0 Å². The molecule has 1 aliphatic heterocycles. The largest absolute Gasteiger partial charge is 0.488 e. The van der Waals surface area contributed by atoms with Crippen LogP contribution >= 0.6 is 0 Å². The zero-order valence-corrected chi connectivity index (χ0v) is 12.5. The highest BCUT2D eigenvalue weighted by atomic mass is 16.5. The van der Waals surface area contributed by atoms with Gasteiger partial charge in [0, 0.05) is 12.0 Å². The molecule has 4 nitrogen and oxygen atoms in total. The number of aliphatic hydroxyl groups is 1. The van der Waals surface area contributed by atoms with E-state index in [0.29, 0.717) is 12.0 Å². The quantitative estimate of drug-likeness (QED) is 0.894. The number of carbonyl (C=O) groups excluding carboxylic acids is 1. The number of amides is 1. The van der Waals surface area contributed by atoms with Crippen molar-refractivity contribution in [1.82, 2.24) is 5.32 Å². The predicted octanol–water partition coefficient (Wildman–Crippen LogP) is 2.24. The van der Waals surface area contributed by atoms with E-state index in [1.54, 1.807) is 0 Å². The minimum atomic E-state index is -0.589. The van der Waals surface area contributed by atoms with Crippen LogP contribution in [0.4, 0.5) is 0 Å². The van der Waals surface area contributed by atoms with Gasteiger partial charge in [-0.15, -0.1) is 0 Å². The van der Waals surface area contributed by atoms with Gasteiger partial charge in [-0.2, -0.15) is 0 Å². The maximum atomic E-state index is 12.5. The van der Waals surface area contributed by atoms with E-state index in [4.69, 9.17) is 4.74 Å². The maximum Gasteiger partial charge on any atom is 0.251 e. The summed E-state index contributed by atoms with van der Waals surface area (Å²) in [5, 5.41) is 13.2. The van der Waals surface area contributed by atoms with Gasteiger partial charge in [0.2, 0.25) is 0 Å². The predicted molar refractivity (Wildman–Crippen MR) is 87.0 cm³/mol. The first kappa shape index (κ1) is 14.0. The number of ether oxygens (including phenoxy) is 1. The summed E-state index contributed by atoms with van der Waals surface area (Å²) in [5.41, 5.74) is 3.55. The molecule has 1 heterocycles. The van der Waals surface area contributed by atoms with E-state index in [-0.39, 0.29) is 18.6 Å². The molecule has 2 aliphatic rings. The first-order valence-electron chi connectivity index (χ1n) is 7.71. The summed E-state index contributed by atoms with van der Waals surface area (Å²) in [4.78, 5) is 12.5. The third-order valence-electron chi connectivity index (χ3n) is 4.41. The molecule has 4 rings (SSSR count). The Labute approximate surface area is 134 Å². The lowest BCUT2D eigenvalue weighted by atomic mass is 10.0. The second-order valence-electron chi connectivity index (χ2n) is 5.92. The molecule has 2 unspecified atom stereocenters. The Morgan fingerprint density at radius 1 is 1.13 bits per heavy atom. The van der Waals surface area contributed by atoms with Crippen molar-refractivity contribution in [1.29, 1.82) is 0 Å². The molecule has 1 amide bonds. The van der Waals surface area contributed by atoms with Crippen LogP contribution in [0.5, 0.6) is 5.75 Å². The van der Waals surface area contributed by atoms with Crippen molar-refractivity contribution in [3.05, 3.63) is 70.8 Å². The van der Waals surface area contributed by atoms with Gasteiger partial charge < -0.3 is 15.2 Å². The van der Waals surface area contributed by atoms with Crippen LogP contribution in [-0.2, 0) is 11.2 Å². The molecule has 2 atom stereocenters. The monoisotopic (exact) mass is 307 g/mol. The van der Waals surface area contributed by atoms with E-state index >= 15 is 0 Å². The minimum absolute atomic E-state index is 0.194. The van der Waals surface area contributed by atoms with Gasteiger partial charge in [0.05, 0.1) is 17.7 Å². The molecular formula is C19H17NO3. The molecule has 2 aromatic rings. The Balaban J connectivity index is 1.56. The maximum absolute atomic E-state index is 12.5. The van der Waals surface area contributed by atoms with E-state index in [2.05, 4.69) is 5.32 Å². The fourth-order valence-electron chi connectivity index (χ4n) is 3.23. The molecule has 4 heteroatoms. The summed E-state index contributed by atoms with van der Waals surface area (Å²) in [5.74, 6) is 0.593. The second kappa shape index (κ2) is 5.56. The van der Waals surface area contributed by atoms with Gasteiger partial charge in [0.15, 0.2) is 0 Å². The Morgan fingerprint density at radius 2 is 1.91 bits per heavy atom. The molecule has 0 saturated heterocycles. The summed E-state index contributed by atoms with van der Waals surface area (Å²) in [6.45, 7) is 0.243. The minimum Gasteiger partial charge on any atom is -0.488 e. The standard InChI is InChI=1S/C19H17NO3/c21-16-10-12-5-1-3-7-15(12)18(16)20-19(22)14-9-13-6-2-4-8-17(13)23-11-14/h1-9,16,18,21H,10-11H2,(H,20,22). The van der Waals surface area contributed by atoms with E-state index in [0.717, 1.165) is 22.4 Å². The second-order valence-corrected chi connectivity index (χ2v) is 5.92. The molecule has 23 heavy (non-hydrogen) atoms. The van der Waals surface area contributed by atoms with Crippen LogP contribution in [0.1, 0.15) is 22.7 Å². The normalized spacial score (nSPS) is 21.7. The molecule has 0 saturated carbocycles. The highest BCUT2D eigenvalue weighted by Crippen LogP contribution is 2.32.